The Balaban J connectivity index is 2.52. The smallest absolute Gasteiger partial charge is 0.261 e. The summed E-state index contributed by atoms with van der Waals surface area (Å²) in [6.45, 7) is 9.12. The van der Waals surface area contributed by atoms with Crippen LogP contribution in [0.15, 0.2) is 24.3 Å². The maximum absolute atomic E-state index is 12.3. The van der Waals surface area contributed by atoms with Crippen LogP contribution in [-0.4, -0.2) is 18.6 Å². The Morgan fingerprint density at radius 2 is 1.91 bits per heavy atom. The highest BCUT2D eigenvalue weighted by atomic mass is 16.5. The van der Waals surface area contributed by atoms with Gasteiger partial charge in [0.1, 0.15) is 5.75 Å². The van der Waals surface area contributed by atoms with Gasteiger partial charge < -0.3 is 10.1 Å². The molecule has 1 N–H and O–H groups in total. The van der Waals surface area contributed by atoms with Crippen LogP contribution >= 0.6 is 0 Å². The van der Waals surface area contributed by atoms with Gasteiger partial charge >= 0.3 is 0 Å². The van der Waals surface area contributed by atoms with Crippen LogP contribution in [0.4, 0.5) is 0 Å². The molecule has 1 aromatic carbocycles. The summed E-state index contributed by atoms with van der Waals surface area (Å²) >= 11 is 0. The zero-order valence-electron chi connectivity index (χ0n) is 14.5. The molecule has 0 spiro atoms. The van der Waals surface area contributed by atoms with Gasteiger partial charge in [0, 0.05) is 6.54 Å². The molecule has 0 fully saturated rings. The summed E-state index contributed by atoms with van der Waals surface area (Å²) in [5, 5.41) is 3.07. The number of benzene rings is 1. The van der Waals surface area contributed by atoms with Gasteiger partial charge in [0.05, 0.1) is 0 Å². The summed E-state index contributed by atoms with van der Waals surface area (Å²) < 4.78 is 5.89. The quantitative estimate of drug-likeness (QED) is 0.692. The first-order valence-electron chi connectivity index (χ1n) is 8.62. The Hall–Kier alpha value is -1.51. The van der Waals surface area contributed by atoms with Crippen molar-refractivity contribution in [2.75, 3.05) is 6.54 Å². The third-order valence-corrected chi connectivity index (χ3v) is 4.13. The van der Waals surface area contributed by atoms with Crippen LogP contribution in [0.2, 0.25) is 0 Å². The summed E-state index contributed by atoms with van der Waals surface area (Å²) in [7, 11) is 0. The Labute approximate surface area is 135 Å². The van der Waals surface area contributed by atoms with Crippen molar-refractivity contribution in [3.8, 4) is 5.75 Å². The minimum Gasteiger partial charge on any atom is -0.480 e. The van der Waals surface area contributed by atoms with Crippen molar-refractivity contribution in [2.24, 2.45) is 5.92 Å². The number of para-hydroxylation sites is 1. The van der Waals surface area contributed by atoms with E-state index in [1.807, 2.05) is 38.1 Å². The molecule has 0 saturated heterocycles. The Bertz CT molecular complexity index is 445. The maximum Gasteiger partial charge on any atom is 0.261 e. The number of rotatable bonds is 10. The second-order valence-electron chi connectivity index (χ2n) is 5.94. The van der Waals surface area contributed by atoms with Gasteiger partial charge in [-0.2, -0.15) is 0 Å². The minimum absolute atomic E-state index is 0.000650. The molecule has 0 aromatic heterocycles. The van der Waals surface area contributed by atoms with E-state index in [-0.39, 0.29) is 5.91 Å². The lowest BCUT2D eigenvalue weighted by Crippen LogP contribution is -2.40. The molecule has 0 aliphatic rings. The van der Waals surface area contributed by atoms with Crippen LogP contribution in [0, 0.1) is 12.8 Å². The predicted octanol–water partition coefficient (Wildman–Crippen LogP) is 4.49. The van der Waals surface area contributed by atoms with Crippen LogP contribution in [-0.2, 0) is 4.79 Å². The first kappa shape index (κ1) is 18.5. The number of carbonyl (C=O) groups is 1. The van der Waals surface area contributed by atoms with E-state index < -0.39 is 6.10 Å². The Morgan fingerprint density at radius 1 is 1.18 bits per heavy atom. The second kappa shape index (κ2) is 10.3. The molecular weight excluding hydrogens is 274 g/mol. The van der Waals surface area contributed by atoms with E-state index >= 15 is 0 Å². The summed E-state index contributed by atoms with van der Waals surface area (Å²) in [5.41, 5.74) is 1.06. The molecular formula is C19H31NO2. The molecule has 0 radical (unpaired) electrons. The van der Waals surface area contributed by atoms with Gasteiger partial charge in [-0.05, 0) is 37.3 Å². The molecule has 0 aliphatic carbocycles. The van der Waals surface area contributed by atoms with E-state index in [4.69, 9.17) is 4.74 Å². The summed E-state index contributed by atoms with van der Waals surface area (Å²) in [4.78, 5) is 12.3. The van der Waals surface area contributed by atoms with Gasteiger partial charge in [-0.15, -0.1) is 0 Å². The number of aryl methyl sites for hydroxylation is 1. The lowest BCUT2D eigenvalue weighted by atomic mass is 9.99. The molecule has 3 nitrogen and oxygen atoms in total. The summed E-state index contributed by atoms with van der Waals surface area (Å²) in [5.74, 6) is 1.36. The average molecular weight is 305 g/mol. The van der Waals surface area contributed by atoms with E-state index in [9.17, 15) is 4.79 Å². The van der Waals surface area contributed by atoms with E-state index in [2.05, 4.69) is 19.2 Å². The van der Waals surface area contributed by atoms with Crippen molar-refractivity contribution in [2.45, 2.75) is 65.9 Å². The van der Waals surface area contributed by atoms with Crippen LogP contribution in [0.5, 0.6) is 5.75 Å². The van der Waals surface area contributed by atoms with E-state index in [1.165, 1.54) is 19.3 Å². The highest BCUT2D eigenvalue weighted by molar-refractivity contribution is 5.81. The van der Waals surface area contributed by atoms with Crippen molar-refractivity contribution >= 4 is 5.91 Å². The normalized spacial score (nSPS) is 13.5. The fraction of sp³-hybridized carbons (Fsp3) is 0.632. The average Bonchev–Trinajstić information content (AvgIpc) is 2.54. The largest absolute Gasteiger partial charge is 0.480 e. The van der Waals surface area contributed by atoms with Gasteiger partial charge in [-0.1, -0.05) is 58.2 Å². The van der Waals surface area contributed by atoms with E-state index in [0.29, 0.717) is 12.3 Å². The molecule has 1 amide bonds. The molecule has 0 saturated carbocycles. The van der Waals surface area contributed by atoms with E-state index in [0.717, 1.165) is 24.3 Å². The van der Waals surface area contributed by atoms with Crippen LogP contribution in [0.25, 0.3) is 0 Å². The Kier molecular flexibility index (Phi) is 8.64. The molecule has 0 unspecified atom stereocenters. The number of unbranched alkanes of at least 4 members (excludes halogenated alkanes) is 1. The number of hydrogen-bond donors (Lipinski definition) is 1. The molecule has 1 aromatic rings. The molecule has 0 aliphatic heterocycles. The van der Waals surface area contributed by atoms with Gasteiger partial charge in [0.15, 0.2) is 6.10 Å². The topological polar surface area (TPSA) is 38.3 Å². The number of carbonyl (C=O) groups excluding carboxylic acids is 1. The minimum atomic E-state index is -0.412. The van der Waals surface area contributed by atoms with Crippen molar-refractivity contribution in [1.29, 1.82) is 0 Å². The van der Waals surface area contributed by atoms with Crippen molar-refractivity contribution in [3.63, 3.8) is 0 Å². The first-order chi connectivity index (χ1) is 10.6. The predicted molar refractivity (Wildman–Crippen MR) is 92.2 cm³/mol. The zero-order valence-corrected chi connectivity index (χ0v) is 14.5. The lowest BCUT2D eigenvalue weighted by molar-refractivity contribution is -0.128. The molecule has 2 atom stereocenters. The molecule has 1 rings (SSSR count). The molecule has 0 heterocycles. The fourth-order valence-electron chi connectivity index (χ4n) is 2.47. The van der Waals surface area contributed by atoms with Crippen LogP contribution < -0.4 is 10.1 Å². The zero-order chi connectivity index (χ0) is 16.4. The molecule has 3 heteroatoms. The second-order valence-corrected chi connectivity index (χ2v) is 5.94. The maximum atomic E-state index is 12.3. The number of nitrogens with one attached hydrogen (secondary N) is 1. The monoisotopic (exact) mass is 305 g/mol. The Morgan fingerprint density at radius 3 is 2.50 bits per heavy atom. The van der Waals surface area contributed by atoms with Crippen LogP contribution in [0.1, 0.15) is 58.4 Å². The van der Waals surface area contributed by atoms with E-state index in [1.54, 1.807) is 0 Å². The van der Waals surface area contributed by atoms with Crippen molar-refractivity contribution in [3.05, 3.63) is 29.8 Å². The number of amides is 1. The standard InChI is InChI=1S/C19H31NO2/c1-5-8-12-16(6-2)14-20-19(21)17(7-3)22-18-13-10-9-11-15(18)4/h9-11,13,16-17H,5-8,12,14H2,1-4H3,(H,20,21)/t16-,17-/m0/s1. The molecule has 0 bridgehead atoms. The molecule has 22 heavy (non-hydrogen) atoms. The first-order valence-corrected chi connectivity index (χ1v) is 8.62. The number of ether oxygens (including phenoxy) is 1. The highest BCUT2D eigenvalue weighted by Crippen LogP contribution is 2.19. The lowest BCUT2D eigenvalue weighted by Gasteiger charge is -2.21. The van der Waals surface area contributed by atoms with Crippen molar-refractivity contribution in [1.82, 2.24) is 5.32 Å². The summed E-state index contributed by atoms with van der Waals surface area (Å²) in [6.07, 6.45) is 4.98. The molecule has 124 valence electrons. The third-order valence-electron chi connectivity index (χ3n) is 4.13. The fourth-order valence-corrected chi connectivity index (χ4v) is 2.47. The van der Waals surface area contributed by atoms with Gasteiger partial charge in [0.2, 0.25) is 0 Å². The van der Waals surface area contributed by atoms with Crippen molar-refractivity contribution < 1.29 is 9.53 Å². The summed E-state index contributed by atoms with van der Waals surface area (Å²) in [6, 6.07) is 7.83. The SMILES string of the molecule is CCCC[C@H](CC)CNC(=O)[C@H](CC)Oc1ccccc1C. The van der Waals surface area contributed by atoms with Gasteiger partial charge in [0.25, 0.3) is 5.91 Å². The number of hydrogen-bond acceptors (Lipinski definition) is 2. The highest BCUT2D eigenvalue weighted by Gasteiger charge is 2.19. The van der Waals surface area contributed by atoms with Crippen LogP contribution in [0.3, 0.4) is 0 Å². The van der Waals surface area contributed by atoms with Gasteiger partial charge in [-0.3, -0.25) is 4.79 Å². The van der Waals surface area contributed by atoms with Gasteiger partial charge in [-0.25, -0.2) is 0 Å². The third kappa shape index (κ3) is 6.08.